The molecule has 0 fully saturated rings. The molecule has 0 heterocycles. The van der Waals surface area contributed by atoms with Crippen LogP contribution in [-0.4, -0.2) is 37.2 Å². The van der Waals surface area contributed by atoms with Gasteiger partial charge < -0.3 is 14.2 Å². The molecule has 6 heteroatoms. The van der Waals surface area contributed by atoms with E-state index in [1.165, 1.54) is 180 Å². The Morgan fingerprint density at radius 3 is 0.899 bits per heavy atom. The molecule has 0 amide bonds. The summed E-state index contributed by atoms with van der Waals surface area (Å²) in [5.41, 5.74) is 0. The van der Waals surface area contributed by atoms with E-state index in [4.69, 9.17) is 14.2 Å². The second-order valence-corrected chi connectivity index (χ2v) is 19.9. The average molecular weight is 966 g/mol. The molecule has 6 nitrogen and oxygen atoms in total. The van der Waals surface area contributed by atoms with Crippen molar-refractivity contribution in [1.29, 1.82) is 0 Å². The Bertz CT molecular complexity index is 1250. The third-order valence-corrected chi connectivity index (χ3v) is 13.0. The zero-order valence-electron chi connectivity index (χ0n) is 45.8. The lowest BCUT2D eigenvalue weighted by molar-refractivity contribution is -0.167. The summed E-state index contributed by atoms with van der Waals surface area (Å²) in [4.78, 5) is 38.2. The van der Waals surface area contributed by atoms with E-state index in [1.54, 1.807) is 0 Å². The van der Waals surface area contributed by atoms with Crippen molar-refractivity contribution in [3.05, 3.63) is 60.8 Å². The summed E-state index contributed by atoms with van der Waals surface area (Å²) in [6, 6.07) is 0. The highest BCUT2D eigenvalue weighted by Crippen LogP contribution is 2.16. The van der Waals surface area contributed by atoms with Crippen molar-refractivity contribution >= 4 is 17.9 Å². The Morgan fingerprint density at radius 2 is 0.565 bits per heavy atom. The highest BCUT2D eigenvalue weighted by Gasteiger charge is 2.19. The van der Waals surface area contributed by atoms with Crippen molar-refractivity contribution in [3.8, 4) is 0 Å². The Balaban J connectivity index is 4.39. The molecule has 69 heavy (non-hydrogen) atoms. The molecule has 400 valence electrons. The zero-order chi connectivity index (χ0) is 50.0. The third-order valence-electron chi connectivity index (χ3n) is 13.0. The fourth-order valence-corrected chi connectivity index (χ4v) is 8.51. The Hall–Kier alpha value is -2.89. The summed E-state index contributed by atoms with van der Waals surface area (Å²) in [6.07, 6.45) is 72.1. The van der Waals surface area contributed by atoms with E-state index in [1.807, 2.05) is 0 Å². The number of carbonyl (C=O) groups excluding carboxylic acids is 3. The molecule has 0 rings (SSSR count). The number of hydrogen-bond acceptors (Lipinski definition) is 6. The van der Waals surface area contributed by atoms with E-state index in [9.17, 15) is 14.4 Å². The van der Waals surface area contributed by atoms with Crippen molar-refractivity contribution in [2.24, 2.45) is 0 Å². The first kappa shape index (κ1) is 66.1. The van der Waals surface area contributed by atoms with Gasteiger partial charge in [0.1, 0.15) is 13.2 Å². The fourth-order valence-electron chi connectivity index (χ4n) is 8.51. The van der Waals surface area contributed by atoms with Gasteiger partial charge in [-0.3, -0.25) is 14.4 Å². The van der Waals surface area contributed by atoms with Gasteiger partial charge in [0.05, 0.1) is 0 Å². The van der Waals surface area contributed by atoms with E-state index in [0.717, 1.165) is 83.5 Å². The first-order valence-electron chi connectivity index (χ1n) is 29.8. The minimum absolute atomic E-state index is 0.0801. The number of rotatable bonds is 54. The van der Waals surface area contributed by atoms with Crippen molar-refractivity contribution in [2.45, 2.75) is 309 Å². The van der Waals surface area contributed by atoms with Crippen LogP contribution in [0.2, 0.25) is 0 Å². The Labute approximate surface area is 428 Å². The van der Waals surface area contributed by atoms with Crippen LogP contribution in [-0.2, 0) is 28.6 Å². The number of unbranched alkanes of at least 4 members (excludes halogenated alkanes) is 33. The van der Waals surface area contributed by atoms with Crippen LogP contribution in [0.5, 0.6) is 0 Å². The van der Waals surface area contributed by atoms with E-state index < -0.39 is 6.10 Å². The molecule has 1 atom stereocenters. The van der Waals surface area contributed by atoms with Crippen LogP contribution in [0.4, 0.5) is 0 Å². The minimum Gasteiger partial charge on any atom is -0.462 e. The molecular formula is C63H112O6. The van der Waals surface area contributed by atoms with Crippen LogP contribution in [0, 0.1) is 0 Å². The van der Waals surface area contributed by atoms with Crippen LogP contribution in [0.15, 0.2) is 60.8 Å². The van der Waals surface area contributed by atoms with Gasteiger partial charge in [-0.05, 0) is 103 Å². The molecule has 1 unspecified atom stereocenters. The number of carbonyl (C=O) groups is 3. The first-order valence-corrected chi connectivity index (χ1v) is 29.8. The maximum Gasteiger partial charge on any atom is 0.306 e. The van der Waals surface area contributed by atoms with Crippen molar-refractivity contribution in [1.82, 2.24) is 0 Å². The molecule has 0 aromatic rings. The van der Waals surface area contributed by atoms with Gasteiger partial charge in [0, 0.05) is 19.3 Å². The smallest absolute Gasteiger partial charge is 0.306 e. The summed E-state index contributed by atoms with van der Waals surface area (Å²) in [7, 11) is 0. The fraction of sp³-hybridized carbons (Fsp3) is 0.794. The monoisotopic (exact) mass is 965 g/mol. The topological polar surface area (TPSA) is 78.9 Å². The van der Waals surface area contributed by atoms with E-state index >= 15 is 0 Å². The quantitative estimate of drug-likeness (QED) is 0.0262. The molecule has 0 aliphatic carbocycles. The third kappa shape index (κ3) is 55.9. The molecule has 0 aromatic heterocycles. The lowest BCUT2D eigenvalue weighted by Gasteiger charge is -2.18. The zero-order valence-corrected chi connectivity index (χ0v) is 45.8. The first-order chi connectivity index (χ1) is 34.0. The van der Waals surface area contributed by atoms with Gasteiger partial charge in [0.25, 0.3) is 0 Å². The molecule has 0 aliphatic rings. The van der Waals surface area contributed by atoms with Crippen LogP contribution >= 0.6 is 0 Å². The van der Waals surface area contributed by atoms with Gasteiger partial charge in [0.2, 0.25) is 0 Å². The normalized spacial score (nSPS) is 12.4. The lowest BCUT2D eigenvalue weighted by Crippen LogP contribution is -2.30. The molecule has 0 saturated carbocycles. The van der Waals surface area contributed by atoms with Crippen LogP contribution in [0.25, 0.3) is 0 Å². The molecule has 0 aromatic carbocycles. The Morgan fingerprint density at radius 1 is 0.304 bits per heavy atom. The van der Waals surface area contributed by atoms with Crippen molar-refractivity contribution < 1.29 is 28.6 Å². The number of allylic oxidation sites excluding steroid dienone is 10. The van der Waals surface area contributed by atoms with E-state index in [-0.39, 0.29) is 31.1 Å². The summed E-state index contributed by atoms with van der Waals surface area (Å²) in [5.74, 6) is -0.886. The van der Waals surface area contributed by atoms with Gasteiger partial charge in [0.15, 0.2) is 6.10 Å². The predicted molar refractivity (Wildman–Crippen MR) is 298 cm³/mol. The van der Waals surface area contributed by atoms with Gasteiger partial charge in [-0.2, -0.15) is 0 Å². The van der Waals surface area contributed by atoms with Gasteiger partial charge >= 0.3 is 17.9 Å². The number of ether oxygens (including phenoxy) is 3. The van der Waals surface area contributed by atoms with Crippen LogP contribution in [0.1, 0.15) is 303 Å². The molecule has 0 bridgehead atoms. The molecular weight excluding hydrogens is 853 g/mol. The standard InChI is InChI=1S/C63H112O6/c1-4-7-10-13-16-19-22-25-28-31-34-37-40-43-46-49-52-55-61(64)67-58-60(69-63(66)57-54-51-48-45-42-39-36-33-30-27-24-21-18-15-12-9-6-3)59-68-62(65)56-53-50-47-44-41-38-35-32-29-26-23-20-17-14-11-8-5-2/h7,10,16,19,25-30,60H,4-6,8-9,11-15,17-18,20-24,31-59H2,1-3H3/b10-7-,19-16-,28-25-,29-26-,30-27-. The predicted octanol–water partition coefficient (Wildman–Crippen LogP) is 20.0. The van der Waals surface area contributed by atoms with Crippen molar-refractivity contribution in [2.75, 3.05) is 13.2 Å². The number of hydrogen-bond donors (Lipinski definition) is 0. The number of esters is 3. The SMILES string of the molecule is CC/C=C\C/C=C\C/C=C\CCCCCCCCCC(=O)OCC(COC(=O)CCCCCCCCC/C=C\CCCCCCCC)OC(=O)CCCCCCCCC/C=C\CCCCCCCC. The van der Waals surface area contributed by atoms with Gasteiger partial charge in [-0.25, -0.2) is 0 Å². The van der Waals surface area contributed by atoms with Crippen LogP contribution < -0.4 is 0 Å². The average Bonchev–Trinajstić information content (AvgIpc) is 3.35. The van der Waals surface area contributed by atoms with E-state index in [0.29, 0.717) is 19.3 Å². The second-order valence-electron chi connectivity index (χ2n) is 19.9. The molecule has 0 spiro atoms. The molecule has 0 N–H and O–H groups in total. The molecule has 0 radical (unpaired) electrons. The summed E-state index contributed by atoms with van der Waals surface area (Å²) in [6.45, 7) is 6.54. The van der Waals surface area contributed by atoms with Crippen LogP contribution in [0.3, 0.4) is 0 Å². The summed E-state index contributed by atoms with van der Waals surface area (Å²) < 4.78 is 16.9. The minimum atomic E-state index is -0.782. The maximum absolute atomic E-state index is 12.9. The molecule has 0 saturated heterocycles. The summed E-state index contributed by atoms with van der Waals surface area (Å²) >= 11 is 0. The lowest BCUT2D eigenvalue weighted by atomic mass is 10.1. The summed E-state index contributed by atoms with van der Waals surface area (Å²) in [5, 5.41) is 0. The highest BCUT2D eigenvalue weighted by atomic mass is 16.6. The highest BCUT2D eigenvalue weighted by molar-refractivity contribution is 5.71. The Kier molecular flexibility index (Phi) is 55.3. The van der Waals surface area contributed by atoms with E-state index in [2.05, 4.69) is 81.5 Å². The van der Waals surface area contributed by atoms with Crippen molar-refractivity contribution in [3.63, 3.8) is 0 Å². The van der Waals surface area contributed by atoms with Gasteiger partial charge in [-0.15, -0.1) is 0 Å². The molecule has 0 aliphatic heterocycles. The second kappa shape index (κ2) is 57.7. The van der Waals surface area contributed by atoms with Gasteiger partial charge in [-0.1, -0.05) is 242 Å². The maximum atomic E-state index is 12.9. The largest absolute Gasteiger partial charge is 0.462 e.